The zero-order valence-electron chi connectivity index (χ0n) is 6.80. The highest BCUT2D eigenvalue weighted by atomic mass is 16.4. The molecule has 0 atom stereocenters. The number of hydrogen-bond acceptors (Lipinski definition) is 4. The molecule has 13 heavy (non-hydrogen) atoms. The van der Waals surface area contributed by atoms with Crippen molar-refractivity contribution in [2.24, 2.45) is 0 Å². The summed E-state index contributed by atoms with van der Waals surface area (Å²) in [6, 6.07) is 2.93. The molecule has 1 heterocycles. The van der Waals surface area contributed by atoms with Crippen LogP contribution in [-0.2, 0) is 11.2 Å². The van der Waals surface area contributed by atoms with Crippen molar-refractivity contribution in [2.75, 3.05) is 0 Å². The molecular formula is C7H9BO5. The van der Waals surface area contributed by atoms with Crippen LogP contribution in [0.25, 0.3) is 0 Å². The molecule has 0 spiro atoms. The fourth-order valence-electron chi connectivity index (χ4n) is 0.898. The van der Waals surface area contributed by atoms with Gasteiger partial charge in [-0.25, -0.2) is 0 Å². The summed E-state index contributed by atoms with van der Waals surface area (Å²) in [5, 5.41) is 25.7. The van der Waals surface area contributed by atoms with Crippen LogP contribution in [0.2, 0.25) is 0 Å². The van der Waals surface area contributed by atoms with E-state index in [1.54, 1.807) is 0 Å². The number of hydrogen-bond donors (Lipinski definition) is 3. The quantitative estimate of drug-likeness (QED) is 0.520. The highest BCUT2D eigenvalue weighted by Crippen LogP contribution is 2.02. The van der Waals surface area contributed by atoms with E-state index in [4.69, 9.17) is 19.6 Å². The molecule has 0 amide bonds. The van der Waals surface area contributed by atoms with Crippen molar-refractivity contribution in [3.05, 3.63) is 17.9 Å². The van der Waals surface area contributed by atoms with Gasteiger partial charge in [-0.05, 0) is 12.1 Å². The first-order valence-electron chi connectivity index (χ1n) is 3.76. The lowest BCUT2D eigenvalue weighted by atomic mass is 9.88. The summed E-state index contributed by atoms with van der Waals surface area (Å²) in [6.07, 6.45) is 0.219. The Balaban J connectivity index is 2.54. The Labute approximate surface area is 74.8 Å². The number of aliphatic carboxylic acids is 1. The summed E-state index contributed by atoms with van der Waals surface area (Å²) in [5.41, 5.74) is 0.0281. The smallest absolute Gasteiger partial charge is 0.481 e. The van der Waals surface area contributed by atoms with Gasteiger partial charge < -0.3 is 19.6 Å². The van der Waals surface area contributed by atoms with Gasteiger partial charge in [0.1, 0.15) is 11.4 Å². The van der Waals surface area contributed by atoms with E-state index in [9.17, 15) is 4.79 Å². The predicted molar refractivity (Wildman–Crippen MR) is 44.5 cm³/mol. The molecule has 5 nitrogen and oxygen atoms in total. The minimum absolute atomic E-state index is 0.0281. The van der Waals surface area contributed by atoms with Crippen LogP contribution in [0.3, 0.4) is 0 Å². The molecule has 1 aromatic rings. The molecule has 6 heteroatoms. The van der Waals surface area contributed by atoms with Gasteiger partial charge in [0, 0.05) is 6.42 Å². The molecule has 1 rings (SSSR count). The molecule has 0 aliphatic heterocycles. The lowest BCUT2D eigenvalue weighted by Crippen LogP contribution is -2.28. The van der Waals surface area contributed by atoms with Gasteiger partial charge in [0.05, 0.1) is 6.42 Å². The van der Waals surface area contributed by atoms with Gasteiger partial charge in [-0.2, -0.15) is 0 Å². The van der Waals surface area contributed by atoms with Crippen LogP contribution in [0.1, 0.15) is 12.2 Å². The van der Waals surface area contributed by atoms with Gasteiger partial charge in [0.2, 0.25) is 0 Å². The fourth-order valence-corrected chi connectivity index (χ4v) is 0.898. The molecule has 0 saturated heterocycles. The van der Waals surface area contributed by atoms with E-state index in [-0.39, 0.29) is 18.5 Å². The number of carboxylic acids is 1. The van der Waals surface area contributed by atoms with Gasteiger partial charge >= 0.3 is 13.1 Å². The van der Waals surface area contributed by atoms with Crippen LogP contribution in [0.15, 0.2) is 16.5 Å². The Bertz CT molecular complexity index is 293. The monoisotopic (exact) mass is 184 g/mol. The molecule has 0 aliphatic carbocycles. The zero-order valence-corrected chi connectivity index (χ0v) is 6.80. The number of carbonyl (C=O) groups is 1. The number of aryl methyl sites for hydroxylation is 1. The van der Waals surface area contributed by atoms with Crippen molar-refractivity contribution < 1.29 is 24.4 Å². The van der Waals surface area contributed by atoms with Crippen molar-refractivity contribution in [3.8, 4) is 0 Å². The second kappa shape index (κ2) is 4.11. The first kappa shape index (κ1) is 9.82. The van der Waals surface area contributed by atoms with Crippen LogP contribution >= 0.6 is 0 Å². The van der Waals surface area contributed by atoms with Gasteiger partial charge in [0.25, 0.3) is 0 Å². The van der Waals surface area contributed by atoms with Crippen molar-refractivity contribution in [2.45, 2.75) is 12.8 Å². The molecular weight excluding hydrogens is 175 g/mol. The Kier molecular flexibility index (Phi) is 3.10. The summed E-state index contributed by atoms with van der Waals surface area (Å²) < 4.78 is 4.93. The molecule has 0 unspecified atom stereocenters. The van der Waals surface area contributed by atoms with Gasteiger partial charge in [-0.3, -0.25) is 4.79 Å². The molecule has 1 aromatic heterocycles. The average Bonchev–Trinajstić information content (AvgIpc) is 2.48. The first-order chi connectivity index (χ1) is 6.09. The molecule has 0 fully saturated rings. The van der Waals surface area contributed by atoms with Crippen LogP contribution in [0.4, 0.5) is 0 Å². The predicted octanol–water partition coefficient (Wildman–Crippen LogP) is -1.02. The van der Waals surface area contributed by atoms with Gasteiger partial charge in [0.15, 0.2) is 0 Å². The Hall–Kier alpha value is -1.27. The molecule has 0 aromatic carbocycles. The third-order valence-corrected chi connectivity index (χ3v) is 1.52. The SMILES string of the molecule is O=C(O)CCc1ccc(B(O)O)o1. The van der Waals surface area contributed by atoms with Gasteiger partial charge in [-0.15, -0.1) is 0 Å². The largest absolute Gasteiger partial charge is 0.526 e. The highest BCUT2D eigenvalue weighted by molar-refractivity contribution is 6.56. The minimum atomic E-state index is -1.64. The van der Waals surface area contributed by atoms with Crippen LogP contribution in [-0.4, -0.2) is 28.2 Å². The van der Waals surface area contributed by atoms with Crippen LogP contribution in [0, 0.1) is 0 Å². The van der Waals surface area contributed by atoms with E-state index < -0.39 is 13.1 Å². The van der Waals surface area contributed by atoms with E-state index >= 15 is 0 Å². The maximum Gasteiger partial charge on any atom is 0.526 e. The second-order valence-electron chi connectivity index (χ2n) is 2.57. The number of rotatable bonds is 4. The first-order valence-corrected chi connectivity index (χ1v) is 3.76. The Morgan fingerprint density at radius 1 is 1.46 bits per heavy atom. The van der Waals surface area contributed by atoms with E-state index in [2.05, 4.69) is 0 Å². The average molecular weight is 184 g/mol. The van der Waals surface area contributed by atoms with Crippen LogP contribution < -0.4 is 5.66 Å². The Morgan fingerprint density at radius 3 is 2.62 bits per heavy atom. The van der Waals surface area contributed by atoms with Crippen molar-refractivity contribution in [1.82, 2.24) is 0 Å². The van der Waals surface area contributed by atoms with Crippen molar-refractivity contribution in [3.63, 3.8) is 0 Å². The van der Waals surface area contributed by atoms with Crippen LogP contribution in [0.5, 0.6) is 0 Å². The maximum atomic E-state index is 10.2. The molecule has 70 valence electrons. The second-order valence-corrected chi connectivity index (χ2v) is 2.57. The van der Waals surface area contributed by atoms with E-state index in [0.717, 1.165) is 0 Å². The summed E-state index contributed by atoms with van der Waals surface area (Å²) in [7, 11) is -1.64. The van der Waals surface area contributed by atoms with Crippen molar-refractivity contribution >= 4 is 18.7 Å². The number of furan rings is 1. The summed E-state index contributed by atoms with van der Waals surface area (Å²) in [4.78, 5) is 10.2. The lowest BCUT2D eigenvalue weighted by Gasteiger charge is -1.93. The van der Waals surface area contributed by atoms with Crippen molar-refractivity contribution in [1.29, 1.82) is 0 Å². The van der Waals surface area contributed by atoms with Gasteiger partial charge in [-0.1, -0.05) is 0 Å². The topological polar surface area (TPSA) is 90.9 Å². The third kappa shape index (κ3) is 2.92. The fraction of sp³-hybridized carbons (Fsp3) is 0.286. The molecule has 0 radical (unpaired) electrons. The summed E-state index contributed by atoms with van der Waals surface area (Å²) >= 11 is 0. The lowest BCUT2D eigenvalue weighted by molar-refractivity contribution is -0.137. The Morgan fingerprint density at radius 2 is 2.15 bits per heavy atom. The molecule has 3 N–H and O–H groups in total. The maximum absolute atomic E-state index is 10.2. The zero-order chi connectivity index (χ0) is 9.84. The van der Waals surface area contributed by atoms with E-state index in [0.29, 0.717) is 5.76 Å². The molecule has 0 saturated carbocycles. The minimum Gasteiger partial charge on any atom is -0.481 e. The van der Waals surface area contributed by atoms with E-state index in [1.165, 1.54) is 12.1 Å². The summed E-state index contributed by atoms with van der Waals surface area (Å²) in [5.74, 6) is -0.479. The highest BCUT2D eigenvalue weighted by Gasteiger charge is 2.15. The molecule has 0 bridgehead atoms. The standard InChI is InChI=1S/C7H9BO5/c9-7(10)4-2-5-1-3-6(13-5)8(11)12/h1,3,11-12H,2,4H2,(H,9,10). The third-order valence-electron chi connectivity index (χ3n) is 1.52. The molecule has 0 aliphatic rings. The normalized spacial score (nSPS) is 10.0. The van der Waals surface area contributed by atoms with E-state index in [1.807, 2.05) is 0 Å². The number of carboxylic acid groups (broad SMARTS) is 1. The summed E-state index contributed by atoms with van der Waals surface area (Å²) in [6.45, 7) is 0.